The van der Waals surface area contributed by atoms with Gasteiger partial charge in [-0.25, -0.2) is 0 Å². The third-order valence-corrected chi connectivity index (χ3v) is 4.63. The first-order valence-corrected chi connectivity index (χ1v) is 8.68. The number of carbonyl (C=O) groups is 1. The van der Waals surface area contributed by atoms with Gasteiger partial charge in [-0.1, -0.05) is 0 Å². The second-order valence-electron chi connectivity index (χ2n) is 6.25. The Labute approximate surface area is 224 Å². The molecule has 0 amide bonds. The van der Waals surface area contributed by atoms with Gasteiger partial charge in [-0.15, -0.1) is 0 Å². The molecular formula is C20H19BNa2O8. The zero-order valence-electron chi connectivity index (χ0n) is 18.7. The summed E-state index contributed by atoms with van der Waals surface area (Å²) in [5.74, 6) is 0.986. The summed E-state index contributed by atoms with van der Waals surface area (Å²) in [5, 5.41) is 22.5. The molecule has 0 N–H and O–H groups in total. The molecule has 3 rings (SSSR count). The average molecular weight is 444 g/mol. The number of ether oxygens (including phenoxy) is 3. The van der Waals surface area contributed by atoms with Gasteiger partial charge in [0.2, 0.25) is 0 Å². The Morgan fingerprint density at radius 2 is 1.48 bits per heavy atom. The van der Waals surface area contributed by atoms with E-state index in [-0.39, 0.29) is 87.5 Å². The van der Waals surface area contributed by atoms with Crippen LogP contribution < -0.4 is 88.0 Å². The average Bonchev–Trinajstić information content (AvgIpc) is 3.03. The molecule has 2 aromatic carbocycles. The van der Waals surface area contributed by atoms with Crippen molar-refractivity contribution in [3.8, 4) is 23.0 Å². The largest absolute Gasteiger partial charge is 1.00 e. The minimum Gasteiger partial charge on any atom is -0.860 e. The van der Waals surface area contributed by atoms with Crippen LogP contribution in [0.1, 0.15) is 27.2 Å². The van der Waals surface area contributed by atoms with Gasteiger partial charge in [0.1, 0.15) is 24.6 Å². The smallest absolute Gasteiger partial charge is 0.860 e. The van der Waals surface area contributed by atoms with Crippen molar-refractivity contribution in [1.82, 2.24) is 0 Å². The van der Waals surface area contributed by atoms with Crippen molar-refractivity contribution in [2.45, 2.75) is 13.8 Å². The number of fused-ring (bicyclic) bond motifs is 1. The van der Waals surface area contributed by atoms with Crippen LogP contribution in [-0.2, 0) is 0 Å². The molecule has 0 saturated heterocycles. The van der Waals surface area contributed by atoms with Crippen molar-refractivity contribution in [3.63, 3.8) is 0 Å². The van der Waals surface area contributed by atoms with Gasteiger partial charge in [-0.2, -0.15) is 0 Å². The van der Waals surface area contributed by atoms with Crippen LogP contribution in [0.15, 0.2) is 28.7 Å². The van der Waals surface area contributed by atoms with Gasteiger partial charge in [0.05, 0.1) is 26.9 Å². The first kappa shape index (κ1) is 27.9. The fraction of sp³-hybridized carbons (Fsp3) is 0.250. The normalized spacial score (nSPS) is 10.0. The van der Waals surface area contributed by atoms with Gasteiger partial charge in [0.15, 0.2) is 22.9 Å². The monoisotopic (exact) mass is 444 g/mol. The van der Waals surface area contributed by atoms with Crippen molar-refractivity contribution in [1.29, 1.82) is 0 Å². The van der Waals surface area contributed by atoms with E-state index in [0.29, 0.717) is 28.2 Å². The number of carbonyl (C=O) groups excluding carboxylic acids is 1. The Bertz CT molecular complexity index is 1060. The zero-order valence-corrected chi connectivity index (χ0v) is 22.7. The second kappa shape index (κ2) is 11.6. The molecule has 8 nitrogen and oxygen atoms in total. The Hall–Kier alpha value is -1.17. The SMILES string of the molecule is COc1cc(C(=O)c2c(C)oc3c(OB([O-])[O-])c(OC)ccc23)cc(OC)c1C.[Na+].[Na+]. The van der Waals surface area contributed by atoms with Crippen LogP contribution in [0.25, 0.3) is 11.0 Å². The molecule has 0 spiro atoms. The number of furan rings is 1. The standard InChI is InChI=1S/C20H19BO8.2Na/c1-10-15(26-4)8-12(9-16(10)27-5)18(22)17-11(2)28-19-13(17)6-7-14(25-3)20(19)29-21(23)24;;/h6-9H,1-5H3;;/q-2;2*+1. The third kappa shape index (κ3) is 5.43. The Morgan fingerprint density at radius 1 is 0.935 bits per heavy atom. The van der Waals surface area contributed by atoms with Gasteiger partial charge >= 0.3 is 59.1 Å². The maximum Gasteiger partial charge on any atom is 1.00 e. The van der Waals surface area contributed by atoms with Gasteiger partial charge in [-0.3, -0.25) is 4.79 Å². The minimum atomic E-state index is -2.58. The molecule has 0 saturated carbocycles. The molecule has 31 heavy (non-hydrogen) atoms. The predicted octanol–water partition coefficient (Wildman–Crippen LogP) is -4.60. The summed E-state index contributed by atoms with van der Waals surface area (Å²) in [4.78, 5) is 13.3. The van der Waals surface area contributed by atoms with Crippen LogP contribution in [0, 0.1) is 13.8 Å². The maximum absolute atomic E-state index is 13.3. The van der Waals surface area contributed by atoms with E-state index < -0.39 is 7.32 Å². The third-order valence-electron chi connectivity index (χ3n) is 4.63. The van der Waals surface area contributed by atoms with E-state index in [9.17, 15) is 14.8 Å². The van der Waals surface area contributed by atoms with Crippen molar-refractivity contribution in [2.24, 2.45) is 0 Å². The molecule has 0 unspecified atom stereocenters. The summed E-state index contributed by atoms with van der Waals surface area (Å²) < 4.78 is 26.3. The molecule has 1 heterocycles. The number of ketones is 1. The topological polar surface area (TPSA) is 113 Å². The molecule has 0 aliphatic carbocycles. The molecule has 0 aliphatic rings. The molecular weight excluding hydrogens is 425 g/mol. The molecule has 11 heteroatoms. The van der Waals surface area contributed by atoms with Gasteiger partial charge in [0.25, 0.3) is 0 Å². The van der Waals surface area contributed by atoms with E-state index in [2.05, 4.69) is 0 Å². The molecule has 1 aromatic heterocycles. The van der Waals surface area contributed by atoms with Crippen molar-refractivity contribution >= 4 is 24.1 Å². The van der Waals surface area contributed by atoms with Gasteiger partial charge < -0.3 is 33.3 Å². The van der Waals surface area contributed by atoms with Crippen molar-refractivity contribution in [3.05, 3.63) is 46.7 Å². The van der Waals surface area contributed by atoms with E-state index in [0.717, 1.165) is 5.56 Å². The summed E-state index contributed by atoms with van der Waals surface area (Å²) in [6, 6.07) is 6.34. The fourth-order valence-corrected chi connectivity index (χ4v) is 3.25. The number of hydrogen-bond donors (Lipinski definition) is 0. The second-order valence-corrected chi connectivity index (χ2v) is 6.25. The molecule has 0 aliphatic heterocycles. The van der Waals surface area contributed by atoms with Crippen molar-refractivity contribution in [2.75, 3.05) is 21.3 Å². The number of hydrogen-bond acceptors (Lipinski definition) is 8. The van der Waals surface area contributed by atoms with Gasteiger partial charge in [-0.05, 0) is 38.1 Å². The summed E-state index contributed by atoms with van der Waals surface area (Å²) >= 11 is 0. The summed E-state index contributed by atoms with van der Waals surface area (Å²) in [6.45, 7) is 3.43. The van der Waals surface area contributed by atoms with Crippen LogP contribution in [-0.4, -0.2) is 34.4 Å². The number of benzene rings is 2. The summed E-state index contributed by atoms with van der Waals surface area (Å²) in [6.07, 6.45) is 0. The first-order chi connectivity index (χ1) is 13.8. The van der Waals surface area contributed by atoms with Crippen LogP contribution in [0.4, 0.5) is 0 Å². The fourth-order valence-electron chi connectivity index (χ4n) is 3.25. The van der Waals surface area contributed by atoms with Crippen LogP contribution in [0.3, 0.4) is 0 Å². The van der Waals surface area contributed by atoms with Crippen molar-refractivity contribution < 1.29 is 97.2 Å². The van der Waals surface area contributed by atoms with E-state index in [1.54, 1.807) is 25.1 Å². The van der Waals surface area contributed by atoms with Crippen LogP contribution >= 0.6 is 0 Å². The molecule has 3 aromatic rings. The molecule has 0 fully saturated rings. The Morgan fingerprint density at radius 3 is 1.97 bits per heavy atom. The van der Waals surface area contributed by atoms with Crippen LogP contribution in [0.2, 0.25) is 0 Å². The molecule has 0 atom stereocenters. The minimum absolute atomic E-state index is 0. The van der Waals surface area contributed by atoms with E-state index in [4.69, 9.17) is 23.3 Å². The Balaban J connectivity index is 0.00000240. The molecule has 152 valence electrons. The van der Waals surface area contributed by atoms with Crippen LogP contribution in [0.5, 0.6) is 23.0 Å². The number of rotatable bonds is 7. The van der Waals surface area contributed by atoms with Gasteiger partial charge in [0, 0.05) is 16.5 Å². The predicted molar refractivity (Wildman–Crippen MR) is 102 cm³/mol. The summed E-state index contributed by atoms with van der Waals surface area (Å²) in [5.41, 5.74) is 1.46. The van der Waals surface area contributed by atoms with E-state index in [1.165, 1.54) is 27.4 Å². The van der Waals surface area contributed by atoms with E-state index >= 15 is 0 Å². The number of methoxy groups -OCH3 is 3. The quantitative estimate of drug-likeness (QED) is 0.265. The summed E-state index contributed by atoms with van der Waals surface area (Å²) in [7, 11) is 1.80. The molecule has 0 radical (unpaired) electrons. The van der Waals surface area contributed by atoms with E-state index in [1.807, 2.05) is 6.92 Å². The Kier molecular flexibility index (Phi) is 10.5. The first-order valence-electron chi connectivity index (χ1n) is 8.68. The number of aryl methyl sites for hydroxylation is 1. The maximum atomic E-state index is 13.3. The molecule has 0 bridgehead atoms. The zero-order chi connectivity index (χ0) is 21.3.